The van der Waals surface area contributed by atoms with Crippen LogP contribution in [-0.4, -0.2) is 16.1 Å². The largest absolute Gasteiger partial charge is 0.399 e. The lowest BCUT2D eigenvalue weighted by molar-refractivity contribution is 0.100. The van der Waals surface area contributed by atoms with Crippen molar-refractivity contribution < 1.29 is 4.79 Å². The van der Waals surface area contributed by atoms with Gasteiger partial charge >= 0.3 is 0 Å². The van der Waals surface area contributed by atoms with E-state index in [-0.39, 0.29) is 6.04 Å². The minimum Gasteiger partial charge on any atom is -0.399 e. The molecule has 6 heteroatoms. The highest BCUT2D eigenvalue weighted by Crippen LogP contribution is 2.24. The molecule has 0 saturated heterocycles. The number of primary amides is 1. The molecule has 2 aromatic rings. The third kappa shape index (κ3) is 2.42. The zero-order valence-corrected chi connectivity index (χ0v) is 9.97. The van der Waals surface area contributed by atoms with Crippen LogP contribution in [0.15, 0.2) is 30.6 Å². The van der Waals surface area contributed by atoms with Crippen LogP contribution in [-0.2, 0) is 0 Å². The van der Waals surface area contributed by atoms with E-state index in [4.69, 9.17) is 11.5 Å². The first-order chi connectivity index (χ1) is 8.58. The van der Waals surface area contributed by atoms with Crippen molar-refractivity contribution in [3.05, 3.63) is 41.7 Å². The molecule has 1 amide bonds. The summed E-state index contributed by atoms with van der Waals surface area (Å²) in [7, 11) is 0. The summed E-state index contributed by atoms with van der Waals surface area (Å²) < 4.78 is 0. The van der Waals surface area contributed by atoms with Crippen molar-refractivity contribution in [1.29, 1.82) is 0 Å². The maximum absolute atomic E-state index is 11.3. The summed E-state index contributed by atoms with van der Waals surface area (Å²) in [6, 6.07) is 4.94. The van der Waals surface area contributed by atoms with E-state index in [1.54, 1.807) is 30.6 Å². The summed E-state index contributed by atoms with van der Waals surface area (Å²) in [6.07, 6.45) is 3.50. The highest BCUT2D eigenvalue weighted by atomic mass is 16.1. The number of H-pyrrole nitrogens is 1. The van der Waals surface area contributed by atoms with Gasteiger partial charge in [-0.15, -0.1) is 0 Å². The number of nitrogens with one attached hydrogen (secondary N) is 2. The van der Waals surface area contributed by atoms with Crippen molar-refractivity contribution in [2.45, 2.75) is 13.0 Å². The van der Waals surface area contributed by atoms with Gasteiger partial charge in [0.05, 0.1) is 17.8 Å². The first-order valence-corrected chi connectivity index (χ1v) is 5.52. The Morgan fingerprint density at radius 2 is 2.28 bits per heavy atom. The van der Waals surface area contributed by atoms with E-state index in [2.05, 4.69) is 15.5 Å². The summed E-state index contributed by atoms with van der Waals surface area (Å²) >= 11 is 0. The standard InChI is InChI=1S/C12H15N5O/c1-7(8-5-15-16-6-8)17-11-4-9(13)2-3-10(11)12(14)18/h2-7,17H,13H2,1H3,(H2,14,18)(H,15,16). The van der Waals surface area contributed by atoms with Crippen molar-refractivity contribution in [1.82, 2.24) is 10.2 Å². The van der Waals surface area contributed by atoms with E-state index in [1.807, 2.05) is 6.92 Å². The Labute approximate surface area is 104 Å². The number of nitrogens with zero attached hydrogens (tertiary/aromatic N) is 1. The number of nitrogen functional groups attached to an aromatic ring is 1. The average molecular weight is 245 g/mol. The lowest BCUT2D eigenvalue weighted by atomic mass is 10.1. The van der Waals surface area contributed by atoms with Crippen molar-refractivity contribution in [3.8, 4) is 0 Å². The molecule has 1 aromatic carbocycles. The van der Waals surface area contributed by atoms with Crippen molar-refractivity contribution in [2.24, 2.45) is 5.73 Å². The Kier molecular flexibility index (Phi) is 3.18. The molecule has 6 N–H and O–H groups in total. The fourth-order valence-corrected chi connectivity index (χ4v) is 1.71. The number of aromatic amines is 1. The zero-order chi connectivity index (χ0) is 13.1. The third-order valence-corrected chi connectivity index (χ3v) is 2.70. The molecule has 0 spiro atoms. The molecule has 0 aliphatic rings. The molecule has 1 aromatic heterocycles. The van der Waals surface area contributed by atoms with E-state index in [1.165, 1.54) is 0 Å². The topological polar surface area (TPSA) is 110 Å². The van der Waals surface area contributed by atoms with Crippen LogP contribution in [0.1, 0.15) is 28.9 Å². The number of benzene rings is 1. The van der Waals surface area contributed by atoms with E-state index in [9.17, 15) is 4.79 Å². The van der Waals surface area contributed by atoms with Crippen LogP contribution in [0.25, 0.3) is 0 Å². The molecule has 18 heavy (non-hydrogen) atoms. The van der Waals surface area contributed by atoms with Crippen LogP contribution < -0.4 is 16.8 Å². The van der Waals surface area contributed by atoms with Gasteiger partial charge in [-0.05, 0) is 25.1 Å². The summed E-state index contributed by atoms with van der Waals surface area (Å²) in [5.41, 5.74) is 13.6. The molecule has 0 bridgehead atoms. The van der Waals surface area contributed by atoms with E-state index in [0.717, 1.165) is 5.56 Å². The van der Waals surface area contributed by atoms with Gasteiger partial charge in [0, 0.05) is 23.1 Å². The number of hydrogen-bond acceptors (Lipinski definition) is 4. The number of anilines is 2. The number of carbonyl (C=O) groups excluding carboxylic acids is 1. The Bertz CT molecular complexity index is 550. The molecule has 0 radical (unpaired) electrons. The minimum absolute atomic E-state index is 0.0105. The normalized spacial score (nSPS) is 12.1. The van der Waals surface area contributed by atoms with Gasteiger partial charge in [-0.2, -0.15) is 5.10 Å². The Morgan fingerprint density at radius 3 is 2.89 bits per heavy atom. The van der Waals surface area contributed by atoms with E-state index < -0.39 is 5.91 Å². The molecule has 0 aliphatic heterocycles. The van der Waals surface area contributed by atoms with Gasteiger partial charge in [0.15, 0.2) is 0 Å². The molecule has 0 aliphatic carbocycles. The Morgan fingerprint density at radius 1 is 1.50 bits per heavy atom. The van der Waals surface area contributed by atoms with Gasteiger partial charge < -0.3 is 16.8 Å². The number of rotatable bonds is 4. The van der Waals surface area contributed by atoms with Crippen LogP contribution >= 0.6 is 0 Å². The van der Waals surface area contributed by atoms with Crippen molar-refractivity contribution in [2.75, 3.05) is 11.1 Å². The predicted octanol–water partition coefficient (Wildman–Crippen LogP) is 1.26. The van der Waals surface area contributed by atoms with Gasteiger partial charge in [0.25, 0.3) is 5.91 Å². The monoisotopic (exact) mass is 245 g/mol. The summed E-state index contributed by atoms with van der Waals surface area (Å²) in [5, 5.41) is 9.81. The molecule has 1 heterocycles. The van der Waals surface area contributed by atoms with Crippen LogP contribution in [0.3, 0.4) is 0 Å². The van der Waals surface area contributed by atoms with Crippen LogP contribution in [0.5, 0.6) is 0 Å². The van der Waals surface area contributed by atoms with Crippen molar-refractivity contribution >= 4 is 17.3 Å². The SMILES string of the molecule is CC(Nc1cc(N)ccc1C(N)=O)c1cn[nH]c1. The highest BCUT2D eigenvalue weighted by Gasteiger charge is 2.12. The molecule has 94 valence electrons. The lowest BCUT2D eigenvalue weighted by Gasteiger charge is -2.16. The van der Waals surface area contributed by atoms with Crippen molar-refractivity contribution in [3.63, 3.8) is 0 Å². The molecule has 0 fully saturated rings. The molecule has 1 unspecified atom stereocenters. The van der Waals surface area contributed by atoms with Gasteiger partial charge in [-0.25, -0.2) is 0 Å². The molecule has 6 nitrogen and oxygen atoms in total. The first-order valence-electron chi connectivity index (χ1n) is 5.52. The second kappa shape index (κ2) is 4.79. The minimum atomic E-state index is -0.489. The summed E-state index contributed by atoms with van der Waals surface area (Å²) in [6.45, 7) is 1.96. The van der Waals surface area contributed by atoms with E-state index >= 15 is 0 Å². The molecular weight excluding hydrogens is 230 g/mol. The molecule has 2 rings (SSSR count). The number of carbonyl (C=O) groups is 1. The fraction of sp³-hybridized carbons (Fsp3) is 0.167. The number of hydrogen-bond donors (Lipinski definition) is 4. The van der Waals surface area contributed by atoms with Gasteiger partial charge in [-0.3, -0.25) is 9.89 Å². The van der Waals surface area contributed by atoms with Gasteiger partial charge in [-0.1, -0.05) is 0 Å². The second-order valence-corrected chi connectivity index (χ2v) is 4.07. The predicted molar refractivity (Wildman–Crippen MR) is 70.0 cm³/mol. The summed E-state index contributed by atoms with van der Waals surface area (Å²) in [4.78, 5) is 11.3. The highest BCUT2D eigenvalue weighted by molar-refractivity contribution is 5.99. The molecule has 0 saturated carbocycles. The van der Waals surface area contributed by atoms with E-state index in [0.29, 0.717) is 16.9 Å². The first kappa shape index (κ1) is 12.0. The lowest BCUT2D eigenvalue weighted by Crippen LogP contribution is -2.16. The quantitative estimate of drug-likeness (QED) is 0.608. The van der Waals surface area contributed by atoms with Crippen LogP contribution in [0, 0.1) is 0 Å². The summed E-state index contributed by atoms with van der Waals surface area (Å²) in [5.74, 6) is -0.489. The zero-order valence-electron chi connectivity index (χ0n) is 9.97. The van der Waals surface area contributed by atoms with Crippen LogP contribution in [0.2, 0.25) is 0 Å². The maximum atomic E-state index is 11.3. The van der Waals surface area contributed by atoms with Gasteiger partial charge in [0.1, 0.15) is 0 Å². The third-order valence-electron chi connectivity index (χ3n) is 2.70. The maximum Gasteiger partial charge on any atom is 0.250 e. The number of amides is 1. The fourth-order valence-electron chi connectivity index (χ4n) is 1.71. The van der Waals surface area contributed by atoms with Crippen LogP contribution in [0.4, 0.5) is 11.4 Å². The second-order valence-electron chi connectivity index (χ2n) is 4.07. The molecule has 1 atom stereocenters. The van der Waals surface area contributed by atoms with Gasteiger partial charge in [0.2, 0.25) is 0 Å². The molecular formula is C12H15N5O. The number of aromatic nitrogens is 2. The Balaban J connectivity index is 2.28. The Hall–Kier alpha value is -2.50. The average Bonchev–Trinajstić information content (AvgIpc) is 2.81. The number of nitrogens with two attached hydrogens (primary N) is 2. The smallest absolute Gasteiger partial charge is 0.250 e.